The molecule has 35 heavy (non-hydrogen) atoms. The largest absolute Gasteiger partial charge is 0.295 e. The molecule has 7 aromatic rings. The molecular formula is C33H24N2. The van der Waals surface area contributed by atoms with Gasteiger partial charge in [0.05, 0.1) is 26.3 Å². The summed E-state index contributed by atoms with van der Waals surface area (Å²) in [6, 6.07) is 17.6. The second-order valence-electron chi connectivity index (χ2n) is 8.20. The van der Waals surface area contributed by atoms with Gasteiger partial charge in [-0.3, -0.25) is 4.57 Å². The molecule has 0 aliphatic carbocycles. The van der Waals surface area contributed by atoms with E-state index >= 15 is 0 Å². The molecule has 0 aliphatic heterocycles. The molecule has 0 N–H and O–H groups in total. The van der Waals surface area contributed by atoms with Crippen molar-refractivity contribution in [2.45, 2.75) is 13.2 Å². The lowest BCUT2D eigenvalue weighted by Crippen LogP contribution is -2.03. The van der Waals surface area contributed by atoms with Crippen LogP contribution in [0.4, 0.5) is 0 Å². The van der Waals surface area contributed by atoms with Crippen LogP contribution < -0.4 is 0 Å². The van der Waals surface area contributed by atoms with Crippen LogP contribution in [0.5, 0.6) is 0 Å². The summed E-state index contributed by atoms with van der Waals surface area (Å²) in [5.74, 6) is -0.325. The van der Waals surface area contributed by atoms with Gasteiger partial charge in [0, 0.05) is 24.0 Å². The fraction of sp³-hybridized carbons (Fsp3) is 0.0606. The molecule has 0 atom stereocenters. The summed E-state index contributed by atoms with van der Waals surface area (Å²) in [7, 11) is 0. The maximum Gasteiger partial charge on any atom is 0.114 e. The van der Waals surface area contributed by atoms with E-state index < -0.39 is 49.5 Å². The molecule has 0 amide bonds. The smallest absolute Gasteiger partial charge is 0.114 e. The maximum atomic E-state index is 9.10. The predicted octanol–water partition coefficient (Wildman–Crippen LogP) is 8.71. The van der Waals surface area contributed by atoms with Crippen LogP contribution in [-0.4, -0.2) is 9.55 Å². The number of imidazole rings is 1. The van der Waals surface area contributed by atoms with Crippen LogP contribution >= 0.6 is 0 Å². The topological polar surface area (TPSA) is 17.8 Å². The second-order valence-corrected chi connectivity index (χ2v) is 8.20. The molecule has 0 radical (unpaired) electrons. The van der Waals surface area contributed by atoms with E-state index in [1.54, 1.807) is 72.8 Å². The van der Waals surface area contributed by atoms with Crippen molar-refractivity contribution in [2.24, 2.45) is 0 Å². The third kappa shape index (κ3) is 2.93. The van der Waals surface area contributed by atoms with Crippen LogP contribution in [0.15, 0.2) is 115 Å². The van der Waals surface area contributed by atoms with Crippen molar-refractivity contribution < 1.29 is 16.4 Å². The van der Waals surface area contributed by atoms with Gasteiger partial charge in [0.25, 0.3) is 0 Å². The number of aromatic nitrogens is 2. The van der Waals surface area contributed by atoms with E-state index in [0.717, 1.165) is 0 Å². The van der Waals surface area contributed by atoms with E-state index in [0.29, 0.717) is 43.8 Å². The number of fused-ring (bicyclic) bond motifs is 4. The quantitative estimate of drug-likeness (QED) is 0.241. The Balaban J connectivity index is 1.75. The fourth-order valence-corrected chi connectivity index (χ4v) is 4.95. The van der Waals surface area contributed by atoms with Gasteiger partial charge in [-0.25, -0.2) is 4.98 Å². The Bertz CT molecular complexity index is 2400. The third-order valence-electron chi connectivity index (χ3n) is 6.36. The average Bonchev–Trinajstić information content (AvgIpc) is 3.44. The lowest BCUT2D eigenvalue weighted by molar-refractivity contribution is 0.917. The van der Waals surface area contributed by atoms with Crippen LogP contribution in [0.25, 0.3) is 60.2 Å². The molecule has 0 aliphatic rings. The van der Waals surface area contributed by atoms with Gasteiger partial charge in [0.1, 0.15) is 5.82 Å². The van der Waals surface area contributed by atoms with Gasteiger partial charge in [-0.15, -0.1) is 0 Å². The summed E-state index contributed by atoms with van der Waals surface area (Å²) in [4.78, 5) is 4.51. The van der Waals surface area contributed by atoms with Crippen molar-refractivity contribution in [1.29, 1.82) is 0 Å². The molecular weight excluding hydrogens is 424 g/mol. The van der Waals surface area contributed by atoms with Crippen molar-refractivity contribution in [3.63, 3.8) is 0 Å². The highest BCUT2D eigenvalue weighted by atomic mass is 15.1. The highest BCUT2D eigenvalue weighted by molar-refractivity contribution is 6.21. The summed E-state index contributed by atoms with van der Waals surface area (Å²) in [6.45, 7) is -3.07. The first kappa shape index (κ1) is 11.3. The van der Waals surface area contributed by atoms with Crippen molar-refractivity contribution >= 4 is 43.4 Å². The zero-order valence-electron chi connectivity index (χ0n) is 30.3. The SMILES string of the molecule is [2H]c1c([2H])c([2H])c2c(-c3c4ccccc4c(-n4c(C([2H])([2H])C([2H])([2H])[2H])nc5ccccc54)c4ccccc34)c([2H])c([2H])c([2H])c2c1[2H]. The first-order chi connectivity index (χ1) is 22.2. The minimum absolute atomic E-state index is 0.0560. The first-order valence-electron chi connectivity index (χ1n) is 17.1. The van der Waals surface area contributed by atoms with E-state index in [1.165, 1.54) is 4.57 Å². The molecule has 166 valence electrons. The molecule has 7 rings (SSSR count). The molecule has 0 spiro atoms. The summed E-state index contributed by atoms with van der Waals surface area (Å²) >= 11 is 0. The third-order valence-corrected chi connectivity index (χ3v) is 6.36. The monoisotopic (exact) mass is 460 g/mol. The van der Waals surface area contributed by atoms with E-state index in [-0.39, 0.29) is 28.2 Å². The fourth-order valence-electron chi connectivity index (χ4n) is 4.95. The van der Waals surface area contributed by atoms with E-state index in [2.05, 4.69) is 4.98 Å². The van der Waals surface area contributed by atoms with E-state index in [9.17, 15) is 0 Å². The zero-order valence-corrected chi connectivity index (χ0v) is 18.3. The lowest BCUT2D eigenvalue weighted by atomic mass is 9.88. The van der Waals surface area contributed by atoms with E-state index in [1.807, 2.05) is 0 Å². The molecule has 0 bridgehead atoms. The molecule has 0 unspecified atom stereocenters. The number of hydrogen-bond acceptors (Lipinski definition) is 1. The number of benzene rings is 6. The van der Waals surface area contributed by atoms with Gasteiger partial charge in [-0.2, -0.15) is 0 Å². The summed E-state index contributed by atoms with van der Waals surface area (Å²) < 4.78 is 104. The highest BCUT2D eigenvalue weighted by Crippen LogP contribution is 2.44. The molecule has 0 saturated carbocycles. The number of nitrogens with zero attached hydrogens (tertiary/aromatic N) is 2. The van der Waals surface area contributed by atoms with Crippen LogP contribution in [0.2, 0.25) is 0 Å². The summed E-state index contributed by atoms with van der Waals surface area (Å²) in [5, 5.41) is 1.80. The van der Waals surface area contributed by atoms with Crippen molar-refractivity contribution in [2.75, 3.05) is 0 Å². The lowest BCUT2D eigenvalue weighted by Gasteiger charge is -2.20. The Kier molecular flexibility index (Phi) is 2.53. The van der Waals surface area contributed by atoms with Crippen LogP contribution in [0, 0.1) is 0 Å². The highest BCUT2D eigenvalue weighted by Gasteiger charge is 2.20. The van der Waals surface area contributed by atoms with Gasteiger partial charge in [-0.1, -0.05) is 110 Å². The normalized spacial score (nSPS) is 17.4. The van der Waals surface area contributed by atoms with Crippen molar-refractivity contribution in [1.82, 2.24) is 9.55 Å². The Labute approximate surface area is 221 Å². The average molecular weight is 461 g/mol. The molecule has 1 aromatic heterocycles. The Morgan fingerprint density at radius 1 is 0.743 bits per heavy atom. The van der Waals surface area contributed by atoms with Crippen LogP contribution in [0.1, 0.15) is 29.1 Å². The summed E-state index contributed by atoms with van der Waals surface area (Å²) in [6.07, 6.45) is -2.87. The molecule has 0 fully saturated rings. The van der Waals surface area contributed by atoms with Crippen molar-refractivity contribution in [3.05, 3.63) is 121 Å². The summed E-state index contributed by atoms with van der Waals surface area (Å²) in [5.41, 5.74) is 1.72. The number of para-hydroxylation sites is 2. The van der Waals surface area contributed by atoms with Crippen LogP contribution in [0.3, 0.4) is 0 Å². The minimum Gasteiger partial charge on any atom is -0.295 e. The number of rotatable bonds is 3. The Morgan fingerprint density at radius 2 is 1.40 bits per heavy atom. The van der Waals surface area contributed by atoms with Crippen molar-refractivity contribution in [3.8, 4) is 16.8 Å². The molecule has 2 heteroatoms. The minimum atomic E-state index is -3.07. The van der Waals surface area contributed by atoms with Gasteiger partial charge < -0.3 is 0 Å². The molecule has 1 heterocycles. The molecule has 6 aromatic carbocycles. The second kappa shape index (κ2) is 7.82. The number of aryl methyl sites for hydroxylation is 1. The van der Waals surface area contributed by atoms with Gasteiger partial charge in [-0.05, 0) is 44.8 Å². The standard InChI is InChI=1S/C33H24N2/c1-2-31-34-29-20-9-10-21-30(29)35(31)33-27-17-7-5-15-25(27)32(26-16-6-8-18-28(26)33)24-19-11-13-22-12-3-4-14-23(22)24/h3-21H,2H2,1H3/i1D3,2D2,3D,4D,11D,12D,13D,14D,19D. The van der Waals surface area contributed by atoms with Gasteiger partial charge in [0.15, 0.2) is 0 Å². The predicted molar refractivity (Wildman–Crippen MR) is 148 cm³/mol. The Hall–Kier alpha value is -4.43. The number of hydrogen-bond donors (Lipinski definition) is 0. The van der Waals surface area contributed by atoms with Gasteiger partial charge >= 0.3 is 0 Å². The van der Waals surface area contributed by atoms with Gasteiger partial charge in [0.2, 0.25) is 0 Å². The molecule has 0 saturated heterocycles. The first-order valence-corrected chi connectivity index (χ1v) is 11.1. The van der Waals surface area contributed by atoms with E-state index in [4.69, 9.17) is 16.4 Å². The van der Waals surface area contributed by atoms with Crippen LogP contribution in [-0.2, 0) is 6.37 Å². The zero-order chi connectivity index (χ0) is 33.7. The Morgan fingerprint density at radius 3 is 2.17 bits per heavy atom. The maximum absolute atomic E-state index is 9.10. The molecule has 2 nitrogen and oxygen atoms in total.